The summed E-state index contributed by atoms with van der Waals surface area (Å²) >= 11 is 0. The third kappa shape index (κ3) is 5.43. The van der Waals surface area contributed by atoms with Gasteiger partial charge in [-0.05, 0) is 31.9 Å². The molecule has 0 spiro atoms. The molecule has 0 heterocycles. The molecule has 0 amide bonds. The van der Waals surface area contributed by atoms with Crippen LogP contribution in [-0.4, -0.2) is 37.4 Å². The van der Waals surface area contributed by atoms with Crippen LogP contribution >= 0.6 is 0 Å². The fourth-order valence-electron chi connectivity index (χ4n) is 2.04. The predicted octanol–water partition coefficient (Wildman–Crippen LogP) is 1.94. The van der Waals surface area contributed by atoms with E-state index in [4.69, 9.17) is 0 Å². The van der Waals surface area contributed by atoms with Crippen molar-refractivity contribution < 1.29 is 13.3 Å². The van der Waals surface area contributed by atoms with Crippen molar-refractivity contribution in [2.45, 2.75) is 38.0 Å². The van der Waals surface area contributed by atoms with E-state index in [0.717, 1.165) is 18.5 Å². The molecule has 21 heavy (non-hydrogen) atoms. The van der Waals surface area contributed by atoms with Crippen LogP contribution in [0.5, 0.6) is 0 Å². The molecule has 0 bridgehead atoms. The van der Waals surface area contributed by atoms with Crippen molar-refractivity contribution in [1.82, 2.24) is 5.32 Å². The Bertz CT molecular complexity index is 569. The SMILES string of the molecule is CCCNC(Cc1ccc([N+](=O)[O-])cc1)C(C)S(C)(=O)=O. The number of benzene rings is 1. The summed E-state index contributed by atoms with van der Waals surface area (Å²) in [5, 5.41) is 13.4. The van der Waals surface area contributed by atoms with Crippen molar-refractivity contribution in [3.63, 3.8) is 0 Å². The number of nitro benzene ring substituents is 1. The smallest absolute Gasteiger partial charge is 0.269 e. The van der Waals surface area contributed by atoms with E-state index in [0.29, 0.717) is 6.42 Å². The second-order valence-corrected chi connectivity index (χ2v) is 7.63. The average Bonchev–Trinajstić information content (AvgIpc) is 2.42. The molecule has 0 aliphatic heterocycles. The number of non-ortho nitro benzene ring substituents is 1. The Kier molecular flexibility index (Phi) is 6.29. The van der Waals surface area contributed by atoms with Gasteiger partial charge in [-0.3, -0.25) is 10.1 Å². The highest BCUT2D eigenvalue weighted by atomic mass is 32.2. The molecule has 7 heteroatoms. The van der Waals surface area contributed by atoms with Crippen molar-refractivity contribution in [3.05, 3.63) is 39.9 Å². The fraction of sp³-hybridized carbons (Fsp3) is 0.571. The molecule has 0 aromatic heterocycles. The van der Waals surface area contributed by atoms with E-state index in [1.807, 2.05) is 6.92 Å². The van der Waals surface area contributed by atoms with Crippen LogP contribution in [0.25, 0.3) is 0 Å². The molecular weight excluding hydrogens is 292 g/mol. The van der Waals surface area contributed by atoms with Gasteiger partial charge in [0.2, 0.25) is 0 Å². The van der Waals surface area contributed by atoms with E-state index in [1.165, 1.54) is 18.4 Å². The molecular formula is C14H22N2O4S. The Labute approximate surface area is 125 Å². The quantitative estimate of drug-likeness (QED) is 0.585. The van der Waals surface area contributed by atoms with Crippen LogP contribution in [0.1, 0.15) is 25.8 Å². The van der Waals surface area contributed by atoms with Crippen molar-refractivity contribution in [2.75, 3.05) is 12.8 Å². The van der Waals surface area contributed by atoms with Gasteiger partial charge in [0.25, 0.3) is 5.69 Å². The van der Waals surface area contributed by atoms with E-state index in [2.05, 4.69) is 5.32 Å². The van der Waals surface area contributed by atoms with Gasteiger partial charge in [0, 0.05) is 24.4 Å². The number of nitrogens with zero attached hydrogens (tertiary/aromatic N) is 1. The summed E-state index contributed by atoms with van der Waals surface area (Å²) in [5.41, 5.74) is 0.915. The molecule has 0 radical (unpaired) electrons. The first kappa shape index (κ1) is 17.6. The highest BCUT2D eigenvalue weighted by Gasteiger charge is 2.25. The van der Waals surface area contributed by atoms with Gasteiger partial charge in [-0.15, -0.1) is 0 Å². The predicted molar refractivity (Wildman–Crippen MR) is 83.2 cm³/mol. The van der Waals surface area contributed by atoms with Gasteiger partial charge < -0.3 is 5.32 Å². The standard InChI is InChI=1S/C14H22N2O4S/c1-4-9-15-14(11(2)21(3,19)20)10-12-5-7-13(8-6-12)16(17)18/h5-8,11,14-15H,4,9-10H2,1-3H3. The first-order valence-corrected chi connectivity index (χ1v) is 8.86. The summed E-state index contributed by atoms with van der Waals surface area (Å²) in [5.74, 6) is 0. The Morgan fingerprint density at radius 2 is 1.86 bits per heavy atom. The fourth-order valence-corrected chi connectivity index (χ4v) is 2.83. The van der Waals surface area contributed by atoms with Crippen LogP contribution < -0.4 is 5.32 Å². The zero-order valence-corrected chi connectivity index (χ0v) is 13.4. The van der Waals surface area contributed by atoms with Crippen LogP contribution in [0.3, 0.4) is 0 Å². The second kappa shape index (κ2) is 7.51. The first-order chi connectivity index (χ1) is 9.75. The topological polar surface area (TPSA) is 89.3 Å². The zero-order chi connectivity index (χ0) is 16.0. The Morgan fingerprint density at radius 3 is 2.29 bits per heavy atom. The Morgan fingerprint density at radius 1 is 1.29 bits per heavy atom. The Balaban J connectivity index is 2.87. The second-order valence-electron chi connectivity index (χ2n) is 5.22. The maximum absolute atomic E-state index is 11.7. The number of nitrogens with one attached hydrogen (secondary N) is 1. The number of hydrogen-bond acceptors (Lipinski definition) is 5. The van der Waals surface area contributed by atoms with Crippen molar-refractivity contribution in [1.29, 1.82) is 0 Å². The van der Waals surface area contributed by atoms with Gasteiger partial charge in [-0.1, -0.05) is 19.1 Å². The molecule has 1 aromatic rings. The van der Waals surface area contributed by atoms with E-state index < -0.39 is 20.0 Å². The van der Waals surface area contributed by atoms with Gasteiger partial charge in [0.05, 0.1) is 10.2 Å². The normalized spacial score (nSPS) is 14.6. The van der Waals surface area contributed by atoms with E-state index >= 15 is 0 Å². The molecule has 1 N–H and O–H groups in total. The highest BCUT2D eigenvalue weighted by molar-refractivity contribution is 7.91. The molecule has 2 atom stereocenters. The molecule has 118 valence electrons. The minimum Gasteiger partial charge on any atom is -0.312 e. The highest BCUT2D eigenvalue weighted by Crippen LogP contribution is 2.16. The maximum atomic E-state index is 11.7. The number of hydrogen-bond donors (Lipinski definition) is 1. The number of sulfone groups is 1. The average molecular weight is 314 g/mol. The van der Waals surface area contributed by atoms with Crippen LogP contribution in [0.4, 0.5) is 5.69 Å². The van der Waals surface area contributed by atoms with Crippen molar-refractivity contribution in [3.8, 4) is 0 Å². The zero-order valence-electron chi connectivity index (χ0n) is 12.6. The van der Waals surface area contributed by atoms with Gasteiger partial charge in [0.15, 0.2) is 9.84 Å². The molecule has 6 nitrogen and oxygen atoms in total. The Hall–Kier alpha value is -1.47. The third-order valence-corrected chi connectivity index (χ3v) is 5.18. The molecule has 0 aliphatic rings. The number of rotatable bonds is 8. The monoisotopic (exact) mass is 314 g/mol. The van der Waals surface area contributed by atoms with Gasteiger partial charge in [0.1, 0.15) is 0 Å². The summed E-state index contributed by atoms with van der Waals surface area (Å²) in [6.45, 7) is 4.44. The van der Waals surface area contributed by atoms with E-state index in [-0.39, 0.29) is 11.7 Å². The largest absolute Gasteiger partial charge is 0.312 e. The van der Waals surface area contributed by atoms with Gasteiger partial charge in [-0.25, -0.2) is 8.42 Å². The summed E-state index contributed by atoms with van der Waals surface area (Å²) < 4.78 is 23.5. The lowest BCUT2D eigenvalue weighted by Gasteiger charge is -2.24. The van der Waals surface area contributed by atoms with Gasteiger partial charge in [-0.2, -0.15) is 0 Å². The molecule has 1 aromatic carbocycles. The molecule has 0 fully saturated rings. The summed E-state index contributed by atoms with van der Waals surface area (Å²) in [6.07, 6.45) is 2.66. The van der Waals surface area contributed by atoms with Crippen LogP contribution in [0.15, 0.2) is 24.3 Å². The molecule has 1 rings (SSSR count). The summed E-state index contributed by atoms with van der Waals surface area (Å²) in [7, 11) is -3.14. The third-order valence-electron chi connectivity index (χ3n) is 3.50. The van der Waals surface area contributed by atoms with Gasteiger partial charge >= 0.3 is 0 Å². The molecule has 2 unspecified atom stereocenters. The lowest BCUT2D eigenvalue weighted by molar-refractivity contribution is -0.384. The van der Waals surface area contributed by atoms with Crippen molar-refractivity contribution in [2.24, 2.45) is 0 Å². The summed E-state index contributed by atoms with van der Waals surface area (Å²) in [4.78, 5) is 10.2. The minimum atomic E-state index is -3.14. The van der Waals surface area contributed by atoms with E-state index in [1.54, 1.807) is 19.1 Å². The lowest BCUT2D eigenvalue weighted by atomic mass is 10.0. The first-order valence-electron chi connectivity index (χ1n) is 6.91. The molecule has 0 saturated carbocycles. The number of nitro groups is 1. The minimum absolute atomic E-state index is 0.0352. The van der Waals surface area contributed by atoms with Crippen LogP contribution in [0.2, 0.25) is 0 Å². The maximum Gasteiger partial charge on any atom is 0.269 e. The van der Waals surface area contributed by atoms with Crippen molar-refractivity contribution >= 4 is 15.5 Å². The summed E-state index contributed by atoms with van der Waals surface area (Å²) in [6, 6.07) is 6.03. The van der Waals surface area contributed by atoms with Crippen LogP contribution in [0, 0.1) is 10.1 Å². The van der Waals surface area contributed by atoms with E-state index in [9.17, 15) is 18.5 Å². The lowest BCUT2D eigenvalue weighted by Crippen LogP contribution is -2.44. The molecule has 0 aliphatic carbocycles. The van der Waals surface area contributed by atoms with Crippen LogP contribution in [-0.2, 0) is 16.3 Å². The molecule has 0 saturated heterocycles.